The number of benzene rings is 2. The molecule has 1 fully saturated rings. The second kappa shape index (κ2) is 9.30. The average Bonchev–Trinajstić information content (AvgIpc) is 3.62. The number of ether oxygens (including phenoxy) is 1. The summed E-state index contributed by atoms with van der Waals surface area (Å²) in [5.74, 6) is -0.00480. The molecule has 4 aromatic rings. The Morgan fingerprint density at radius 2 is 1.80 bits per heavy atom. The molecule has 182 valence electrons. The van der Waals surface area contributed by atoms with Gasteiger partial charge in [-0.3, -0.25) is 9.48 Å². The Hall–Kier alpha value is -3.45. The maximum absolute atomic E-state index is 12.0. The third kappa shape index (κ3) is 4.48. The largest absolute Gasteiger partial charge is 0.370 e. The lowest BCUT2D eigenvalue weighted by Crippen LogP contribution is -2.32. The SMILES string of the molecule is CCn1ncc2ccc(-c3cc(COC(C)(C)C(C)=O)nn3-c3ccccc3N3CCCC3)cc21. The van der Waals surface area contributed by atoms with Crippen LogP contribution in [0.3, 0.4) is 0 Å². The van der Waals surface area contributed by atoms with E-state index in [1.54, 1.807) is 20.8 Å². The number of aryl methyl sites for hydroxylation is 1. The molecule has 1 saturated heterocycles. The molecule has 2 aromatic heterocycles. The Morgan fingerprint density at radius 1 is 1.06 bits per heavy atom. The molecule has 35 heavy (non-hydrogen) atoms. The summed E-state index contributed by atoms with van der Waals surface area (Å²) in [6, 6.07) is 16.9. The van der Waals surface area contributed by atoms with Gasteiger partial charge in [0.1, 0.15) is 5.60 Å². The van der Waals surface area contributed by atoms with Crippen LogP contribution in [0.1, 0.15) is 46.2 Å². The van der Waals surface area contributed by atoms with Gasteiger partial charge < -0.3 is 9.64 Å². The van der Waals surface area contributed by atoms with Crippen LogP contribution in [0.4, 0.5) is 5.69 Å². The zero-order valence-corrected chi connectivity index (χ0v) is 21.0. The molecule has 7 nitrogen and oxygen atoms in total. The molecule has 3 heterocycles. The van der Waals surface area contributed by atoms with Gasteiger partial charge in [0.05, 0.1) is 41.1 Å². The van der Waals surface area contributed by atoms with Crippen LogP contribution in [0.15, 0.2) is 54.7 Å². The highest BCUT2D eigenvalue weighted by atomic mass is 16.5. The number of aromatic nitrogens is 4. The summed E-state index contributed by atoms with van der Waals surface area (Å²) in [6.07, 6.45) is 4.32. The molecule has 0 N–H and O–H groups in total. The van der Waals surface area contributed by atoms with E-state index in [-0.39, 0.29) is 12.4 Å². The summed E-state index contributed by atoms with van der Waals surface area (Å²) >= 11 is 0. The predicted molar refractivity (Wildman–Crippen MR) is 139 cm³/mol. The lowest BCUT2D eigenvalue weighted by molar-refractivity contribution is -0.139. The lowest BCUT2D eigenvalue weighted by Gasteiger charge is -2.22. The number of hydrogen-bond acceptors (Lipinski definition) is 5. The summed E-state index contributed by atoms with van der Waals surface area (Å²) in [5.41, 5.74) is 5.31. The molecular formula is C28H33N5O2. The van der Waals surface area contributed by atoms with E-state index in [4.69, 9.17) is 9.84 Å². The Labute approximate surface area is 206 Å². The number of para-hydroxylation sites is 2. The number of ketones is 1. The summed E-state index contributed by atoms with van der Waals surface area (Å²) in [5, 5.41) is 10.6. The minimum Gasteiger partial charge on any atom is -0.370 e. The van der Waals surface area contributed by atoms with Gasteiger partial charge in [-0.25, -0.2) is 4.68 Å². The van der Waals surface area contributed by atoms with Crippen LogP contribution in [-0.2, 0) is 22.7 Å². The van der Waals surface area contributed by atoms with Crippen molar-refractivity contribution in [1.82, 2.24) is 19.6 Å². The van der Waals surface area contributed by atoms with Crippen molar-refractivity contribution in [3.63, 3.8) is 0 Å². The van der Waals surface area contributed by atoms with Gasteiger partial charge in [-0.1, -0.05) is 24.3 Å². The number of rotatable bonds is 8. The van der Waals surface area contributed by atoms with E-state index in [0.29, 0.717) is 0 Å². The fourth-order valence-corrected chi connectivity index (χ4v) is 4.60. The first-order valence-electron chi connectivity index (χ1n) is 12.4. The minimum atomic E-state index is -0.857. The smallest absolute Gasteiger partial charge is 0.161 e. The van der Waals surface area contributed by atoms with E-state index < -0.39 is 5.60 Å². The van der Waals surface area contributed by atoms with E-state index in [0.717, 1.165) is 53.2 Å². The van der Waals surface area contributed by atoms with Crippen molar-refractivity contribution in [1.29, 1.82) is 0 Å². The van der Waals surface area contributed by atoms with Crippen molar-refractivity contribution in [3.8, 4) is 16.9 Å². The summed E-state index contributed by atoms with van der Waals surface area (Å²) in [6.45, 7) is 10.4. The molecule has 1 aliphatic rings. The van der Waals surface area contributed by atoms with Gasteiger partial charge in [0.2, 0.25) is 0 Å². The second-order valence-corrected chi connectivity index (χ2v) is 9.70. The molecule has 2 aromatic carbocycles. The van der Waals surface area contributed by atoms with Crippen LogP contribution in [0.2, 0.25) is 0 Å². The molecule has 0 aliphatic carbocycles. The molecule has 0 saturated carbocycles. The zero-order valence-electron chi connectivity index (χ0n) is 21.0. The molecule has 0 atom stereocenters. The number of anilines is 1. The molecule has 0 spiro atoms. The van der Waals surface area contributed by atoms with Crippen LogP contribution < -0.4 is 4.90 Å². The molecule has 0 amide bonds. The number of nitrogens with zero attached hydrogens (tertiary/aromatic N) is 5. The van der Waals surface area contributed by atoms with Gasteiger partial charge in [-0.2, -0.15) is 10.2 Å². The first-order chi connectivity index (χ1) is 16.9. The minimum absolute atomic E-state index is 0.00480. The molecule has 5 rings (SSSR count). The lowest BCUT2D eigenvalue weighted by atomic mass is 10.1. The maximum atomic E-state index is 12.0. The van der Waals surface area contributed by atoms with Crippen LogP contribution >= 0.6 is 0 Å². The molecule has 0 radical (unpaired) electrons. The maximum Gasteiger partial charge on any atom is 0.161 e. The molecular weight excluding hydrogens is 438 g/mol. The first-order valence-corrected chi connectivity index (χ1v) is 12.4. The van der Waals surface area contributed by atoms with Crippen LogP contribution in [-0.4, -0.2) is 44.0 Å². The van der Waals surface area contributed by atoms with Crippen LogP contribution in [0, 0.1) is 0 Å². The van der Waals surface area contributed by atoms with Crippen molar-refractivity contribution < 1.29 is 9.53 Å². The molecule has 1 aliphatic heterocycles. The summed E-state index contributed by atoms with van der Waals surface area (Å²) in [7, 11) is 0. The zero-order chi connectivity index (χ0) is 24.6. The van der Waals surface area contributed by atoms with Crippen molar-refractivity contribution >= 4 is 22.4 Å². The Morgan fingerprint density at radius 3 is 2.51 bits per heavy atom. The number of carbonyl (C=O) groups is 1. The van der Waals surface area contributed by atoms with Gasteiger partial charge in [-0.15, -0.1) is 0 Å². The highest BCUT2D eigenvalue weighted by molar-refractivity contribution is 5.85. The fraction of sp³-hybridized carbons (Fsp3) is 0.393. The van der Waals surface area contributed by atoms with E-state index in [1.165, 1.54) is 18.5 Å². The van der Waals surface area contributed by atoms with E-state index >= 15 is 0 Å². The van der Waals surface area contributed by atoms with Crippen molar-refractivity contribution in [2.75, 3.05) is 18.0 Å². The molecule has 0 unspecified atom stereocenters. The number of hydrogen-bond donors (Lipinski definition) is 0. The average molecular weight is 472 g/mol. The summed E-state index contributed by atoms with van der Waals surface area (Å²) in [4.78, 5) is 14.4. The number of carbonyl (C=O) groups excluding carboxylic acids is 1. The molecule has 7 heteroatoms. The number of Topliss-reactive ketones (excluding diaryl/α,β-unsaturated/α-hetero) is 1. The van der Waals surface area contributed by atoms with Crippen LogP contribution in [0.25, 0.3) is 27.8 Å². The third-order valence-electron chi connectivity index (χ3n) is 6.99. The van der Waals surface area contributed by atoms with E-state index in [9.17, 15) is 4.79 Å². The van der Waals surface area contributed by atoms with Crippen molar-refractivity contribution in [2.45, 2.75) is 59.3 Å². The van der Waals surface area contributed by atoms with Crippen LogP contribution in [0.5, 0.6) is 0 Å². The van der Waals surface area contributed by atoms with Crippen molar-refractivity contribution in [3.05, 3.63) is 60.4 Å². The highest BCUT2D eigenvalue weighted by Gasteiger charge is 2.26. The molecule has 0 bridgehead atoms. The van der Waals surface area contributed by atoms with Gasteiger partial charge in [0.25, 0.3) is 0 Å². The van der Waals surface area contributed by atoms with Gasteiger partial charge in [0, 0.05) is 30.6 Å². The van der Waals surface area contributed by atoms with E-state index in [1.807, 2.05) is 15.6 Å². The second-order valence-electron chi connectivity index (χ2n) is 9.70. The summed E-state index contributed by atoms with van der Waals surface area (Å²) < 4.78 is 10.0. The van der Waals surface area contributed by atoms with Crippen molar-refractivity contribution in [2.24, 2.45) is 0 Å². The third-order valence-corrected chi connectivity index (χ3v) is 6.99. The Balaban J connectivity index is 1.62. The Bertz CT molecular complexity index is 1360. The van der Waals surface area contributed by atoms with Gasteiger partial charge in [0.15, 0.2) is 5.78 Å². The van der Waals surface area contributed by atoms with Gasteiger partial charge >= 0.3 is 0 Å². The van der Waals surface area contributed by atoms with Gasteiger partial charge in [-0.05, 0) is 64.8 Å². The van der Waals surface area contributed by atoms with E-state index in [2.05, 4.69) is 65.5 Å². The number of fused-ring (bicyclic) bond motifs is 1. The fourth-order valence-electron chi connectivity index (χ4n) is 4.60. The standard InChI is InChI=1S/C28H33N5O2/c1-5-32-26-16-21(12-13-22(26)18-29-32)27-17-23(19-35-28(3,4)20(2)34)30-33(27)25-11-7-6-10-24(25)31-14-8-9-15-31/h6-7,10-13,16-18H,5,8-9,14-15,19H2,1-4H3. The highest BCUT2D eigenvalue weighted by Crippen LogP contribution is 2.33. The first kappa shape index (κ1) is 23.3. The predicted octanol–water partition coefficient (Wildman–Crippen LogP) is 5.39. The Kier molecular flexibility index (Phi) is 6.19. The quantitative estimate of drug-likeness (QED) is 0.345. The monoisotopic (exact) mass is 471 g/mol. The normalized spacial score (nSPS) is 14.2. The topological polar surface area (TPSA) is 65.2 Å².